The number of hydrogen-bond acceptors (Lipinski definition) is 1. The average Bonchev–Trinajstić information content (AvgIpc) is 3.33. The molecule has 61 heavy (non-hydrogen) atoms. The summed E-state index contributed by atoms with van der Waals surface area (Å²) < 4.78 is 0. The predicted molar refractivity (Wildman–Crippen MR) is 264 cm³/mol. The van der Waals surface area contributed by atoms with Crippen molar-refractivity contribution in [3.8, 4) is 33.4 Å². The van der Waals surface area contributed by atoms with Crippen LogP contribution in [0.2, 0.25) is 0 Å². The van der Waals surface area contributed by atoms with Crippen LogP contribution in [0, 0.1) is 6.92 Å². The lowest BCUT2D eigenvalue weighted by Gasteiger charge is -2.30. The molecule has 0 radical (unpaired) electrons. The normalized spacial score (nSPS) is 12.4. The summed E-state index contributed by atoms with van der Waals surface area (Å²) in [7, 11) is 0. The highest BCUT2D eigenvalue weighted by atomic mass is 15.1. The Morgan fingerprint density at radius 2 is 1.20 bits per heavy atom. The minimum atomic E-state index is 0.971. The molecule has 1 aliphatic rings. The molecule has 1 aliphatic carbocycles. The number of nitrogens with zero attached hydrogens (tertiary/aromatic N) is 1. The van der Waals surface area contributed by atoms with Crippen molar-refractivity contribution in [1.82, 2.24) is 0 Å². The summed E-state index contributed by atoms with van der Waals surface area (Å²) in [6.07, 6.45) is 10.9. The van der Waals surface area contributed by atoms with E-state index in [1.54, 1.807) is 0 Å². The van der Waals surface area contributed by atoms with Crippen molar-refractivity contribution in [3.63, 3.8) is 0 Å². The molecule has 0 unspecified atom stereocenters. The Kier molecular flexibility index (Phi) is 10.1. The molecule has 0 aliphatic heterocycles. The predicted octanol–water partition coefficient (Wildman–Crippen LogP) is 16.8. The second-order valence-electron chi connectivity index (χ2n) is 15.9. The highest BCUT2D eigenvalue weighted by Gasteiger charge is 2.26. The van der Waals surface area contributed by atoms with E-state index in [1.807, 2.05) is 6.08 Å². The molecule has 0 aromatic heterocycles. The number of rotatable bonds is 9. The summed E-state index contributed by atoms with van der Waals surface area (Å²) in [6.45, 7) is 8.50. The van der Waals surface area contributed by atoms with Crippen LogP contribution in [-0.2, 0) is 6.42 Å². The van der Waals surface area contributed by atoms with Gasteiger partial charge in [0.2, 0.25) is 0 Å². The number of aryl methyl sites for hydroxylation is 2. The van der Waals surface area contributed by atoms with Gasteiger partial charge in [-0.15, -0.1) is 0 Å². The van der Waals surface area contributed by atoms with Crippen molar-refractivity contribution in [2.75, 3.05) is 4.90 Å². The zero-order chi connectivity index (χ0) is 41.3. The Balaban J connectivity index is 1.32. The van der Waals surface area contributed by atoms with Crippen LogP contribution < -0.4 is 4.90 Å². The molecule has 1 nitrogen and oxygen atoms in total. The molecular formula is C60H47N. The number of allylic oxidation sites excluding steroid dienone is 2. The van der Waals surface area contributed by atoms with Crippen LogP contribution in [0.25, 0.3) is 72.7 Å². The van der Waals surface area contributed by atoms with Crippen LogP contribution in [-0.4, -0.2) is 0 Å². The molecule has 0 spiro atoms. The minimum Gasteiger partial charge on any atom is -0.310 e. The van der Waals surface area contributed by atoms with Gasteiger partial charge in [0.05, 0.1) is 5.69 Å². The van der Waals surface area contributed by atoms with Gasteiger partial charge in [0, 0.05) is 16.9 Å². The largest absolute Gasteiger partial charge is 0.310 e. The summed E-state index contributed by atoms with van der Waals surface area (Å²) in [5.41, 5.74) is 19.3. The van der Waals surface area contributed by atoms with Gasteiger partial charge in [-0.3, -0.25) is 0 Å². The molecule has 1 heteroatoms. The molecule has 0 N–H and O–H groups in total. The first-order chi connectivity index (χ1) is 30.1. The van der Waals surface area contributed by atoms with E-state index in [0.717, 1.165) is 41.0 Å². The molecule has 0 bridgehead atoms. The van der Waals surface area contributed by atoms with Crippen molar-refractivity contribution < 1.29 is 0 Å². The first kappa shape index (κ1) is 37.8. The maximum Gasteiger partial charge on any atom is 0.0540 e. The second kappa shape index (κ2) is 16.3. The molecular weight excluding hydrogens is 735 g/mol. The first-order valence-corrected chi connectivity index (χ1v) is 21.4. The van der Waals surface area contributed by atoms with Crippen LogP contribution in [0.1, 0.15) is 46.7 Å². The number of fused-ring (bicyclic) bond motifs is 6. The number of para-hydroxylation sites is 1. The summed E-state index contributed by atoms with van der Waals surface area (Å²) in [5.74, 6) is 0. The van der Waals surface area contributed by atoms with Crippen LogP contribution in [0.15, 0.2) is 207 Å². The van der Waals surface area contributed by atoms with Crippen LogP contribution in [0.5, 0.6) is 0 Å². The first-order valence-electron chi connectivity index (χ1n) is 21.4. The molecule has 9 aromatic carbocycles. The zero-order valence-electron chi connectivity index (χ0n) is 34.8. The summed E-state index contributed by atoms with van der Waals surface area (Å²) >= 11 is 0. The Bertz CT molecular complexity index is 3150. The van der Waals surface area contributed by atoms with E-state index in [4.69, 9.17) is 0 Å². The van der Waals surface area contributed by atoms with Crippen molar-refractivity contribution in [2.45, 2.75) is 26.7 Å². The van der Waals surface area contributed by atoms with Gasteiger partial charge in [0.25, 0.3) is 0 Å². The lowest BCUT2D eigenvalue weighted by Crippen LogP contribution is -2.13. The molecule has 9 aromatic rings. The second-order valence-corrected chi connectivity index (χ2v) is 15.9. The van der Waals surface area contributed by atoms with Crippen molar-refractivity contribution >= 4 is 56.3 Å². The van der Waals surface area contributed by atoms with E-state index in [1.165, 1.54) is 82.8 Å². The van der Waals surface area contributed by atoms with Crippen molar-refractivity contribution in [1.29, 1.82) is 0 Å². The standard InChI is InChI=1S/C60H47N/c1-4-42-23-15-16-31-49(42)48(5-2)51-33-19-20-35-57(51)61(46-30-21-22-41(3)38-46)47-36-37-53-56(39-47)50-32-17-18-34-52(50)59-55(44-26-11-7-12-27-44)40-54(43-24-9-6-10-25-43)58(60(53)59)45-28-13-8-14-29-45/h4-16,18-31,33-40H,1,17,32H2,2-3H3/b48-5+. The summed E-state index contributed by atoms with van der Waals surface area (Å²) in [5, 5.41) is 5.17. The topological polar surface area (TPSA) is 3.24 Å². The number of anilines is 3. The maximum atomic E-state index is 4.18. The van der Waals surface area contributed by atoms with Gasteiger partial charge >= 0.3 is 0 Å². The van der Waals surface area contributed by atoms with Crippen LogP contribution in [0.4, 0.5) is 17.1 Å². The fourth-order valence-corrected chi connectivity index (χ4v) is 9.61. The smallest absolute Gasteiger partial charge is 0.0540 e. The van der Waals surface area contributed by atoms with E-state index in [2.05, 4.69) is 232 Å². The van der Waals surface area contributed by atoms with E-state index in [0.29, 0.717) is 0 Å². The Morgan fingerprint density at radius 1 is 0.557 bits per heavy atom. The third-order valence-corrected chi connectivity index (χ3v) is 12.3. The third-order valence-electron chi connectivity index (χ3n) is 12.3. The highest BCUT2D eigenvalue weighted by molar-refractivity contribution is 6.25. The highest BCUT2D eigenvalue weighted by Crippen LogP contribution is 2.51. The lowest BCUT2D eigenvalue weighted by atomic mass is 9.78. The summed E-state index contributed by atoms with van der Waals surface area (Å²) in [4.78, 5) is 2.46. The van der Waals surface area contributed by atoms with Gasteiger partial charge in [-0.2, -0.15) is 0 Å². The molecule has 10 rings (SSSR count). The quantitative estimate of drug-likeness (QED) is 0.132. The van der Waals surface area contributed by atoms with Gasteiger partial charge < -0.3 is 4.90 Å². The van der Waals surface area contributed by atoms with Gasteiger partial charge in [0.15, 0.2) is 0 Å². The molecule has 0 atom stereocenters. The molecule has 0 saturated carbocycles. The summed E-state index contributed by atoms with van der Waals surface area (Å²) in [6, 6.07) is 68.9. The maximum absolute atomic E-state index is 4.18. The van der Waals surface area contributed by atoms with Gasteiger partial charge in [-0.05, 0) is 151 Å². The molecule has 0 amide bonds. The Morgan fingerprint density at radius 3 is 1.90 bits per heavy atom. The molecule has 0 heterocycles. The third kappa shape index (κ3) is 6.79. The SMILES string of the molecule is C=Cc1ccccc1/C(=C\C)c1ccccc1N(c1cccc(C)c1)c1ccc2c(c1)c1c(c3c(-c4ccccc4)cc(-c4ccccc4)c(-c4ccccc4)c32)C=CCC1. The van der Waals surface area contributed by atoms with Gasteiger partial charge in [-0.1, -0.05) is 183 Å². The van der Waals surface area contributed by atoms with E-state index < -0.39 is 0 Å². The number of benzene rings is 9. The number of hydrogen-bond donors (Lipinski definition) is 0. The van der Waals surface area contributed by atoms with Gasteiger partial charge in [0.1, 0.15) is 0 Å². The van der Waals surface area contributed by atoms with Gasteiger partial charge in [-0.25, -0.2) is 0 Å². The van der Waals surface area contributed by atoms with E-state index in [9.17, 15) is 0 Å². The lowest BCUT2D eigenvalue weighted by molar-refractivity contribution is 1.00. The molecule has 0 fully saturated rings. The minimum absolute atomic E-state index is 0.971. The Labute approximate surface area is 359 Å². The van der Waals surface area contributed by atoms with Crippen molar-refractivity contribution in [2.24, 2.45) is 0 Å². The fraction of sp³-hybridized carbons (Fsp3) is 0.0667. The van der Waals surface area contributed by atoms with E-state index in [-0.39, 0.29) is 0 Å². The van der Waals surface area contributed by atoms with Crippen molar-refractivity contribution in [3.05, 3.63) is 240 Å². The zero-order valence-corrected chi connectivity index (χ0v) is 34.8. The molecule has 292 valence electrons. The Hall–Kier alpha value is -7.48. The van der Waals surface area contributed by atoms with E-state index >= 15 is 0 Å². The molecule has 0 saturated heterocycles. The van der Waals surface area contributed by atoms with Crippen LogP contribution >= 0.6 is 0 Å². The fourth-order valence-electron chi connectivity index (χ4n) is 9.61. The average molecular weight is 782 g/mol. The van der Waals surface area contributed by atoms with Crippen LogP contribution in [0.3, 0.4) is 0 Å². The monoisotopic (exact) mass is 781 g/mol.